The first-order valence-electron chi connectivity index (χ1n) is 11.1. The first kappa shape index (κ1) is 26.0. The van der Waals surface area contributed by atoms with E-state index in [1.165, 1.54) is 6.07 Å². The number of amides is 2. The van der Waals surface area contributed by atoms with Gasteiger partial charge in [-0.1, -0.05) is 36.4 Å². The lowest BCUT2D eigenvalue weighted by Gasteiger charge is -2.19. The largest absolute Gasteiger partial charge is 0.382 e. The minimum absolute atomic E-state index is 0.00572. The Morgan fingerprint density at radius 2 is 1.54 bits per heavy atom. The SMILES string of the molecule is NC(CC(=O)Nc1cccc(NC(=O)C(O)C(N)Cc2ccccc2)c1)Cc1cc(F)ccc1F. The molecule has 3 rings (SSSR count). The Balaban J connectivity index is 1.52. The molecule has 184 valence electrons. The molecule has 0 aliphatic rings. The van der Waals surface area contributed by atoms with Gasteiger partial charge in [-0.15, -0.1) is 0 Å². The normalized spacial score (nSPS) is 13.5. The number of aliphatic hydroxyl groups is 1. The van der Waals surface area contributed by atoms with Crippen molar-refractivity contribution in [2.45, 2.75) is 37.5 Å². The van der Waals surface area contributed by atoms with Crippen LogP contribution in [0.15, 0.2) is 72.8 Å². The summed E-state index contributed by atoms with van der Waals surface area (Å²) in [5, 5.41) is 15.6. The highest BCUT2D eigenvalue weighted by Crippen LogP contribution is 2.17. The van der Waals surface area contributed by atoms with Gasteiger partial charge < -0.3 is 27.2 Å². The molecule has 3 unspecified atom stereocenters. The molecule has 0 saturated heterocycles. The fourth-order valence-corrected chi connectivity index (χ4v) is 3.59. The van der Waals surface area contributed by atoms with E-state index < -0.39 is 41.6 Å². The lowest BCUT2D eigenvalue weighted by Crippen LogP contribution is -2.44. The maximum atomic E-state index is 13.8. The number of anilines is 2. The van der Waals surface area contributed by atoms with E-state index in [1.807, 2.05) is 30.3 Å². The van der Waals surface area contributed by atoms with Crippen molar-refractivity contribution < 1.29 is 23.5 Å². The lowest BCUT2D eigenvalue weighted by atomic mass is 10.0. The van der Waals surface area contributed by atoms with Gasteiger partial charge in [0, 0.05) is 29.9 Å². The summed E-state index contributed by atoms with van der Waals surface area (Å²) >= 11 is 0. The summed E-state index contributed by atoms with van der Waals surface area (Å²) in [6, 6.07) is 17.2. The summed E-state index contributed by atoms with van der Waals surface area (Å²) in [5.74, 6) is -2.27. The Kier molecular flexibility index (Phi) is 9.02. The van der Waals surface area contributed by atoms with E-state index in [9.17, 15) is 23.5 Å². The van der Waals surface area contributed by atoms with E-state index in [0.29, 0.717) is 17.8 Å². The molecule has 3 atom stereocenters. The first-order chi connectivity index (χ1) is 16.7. The van der Waals surface area contributed by atoms with Crippen LogP contribution in [-0.2, 0) is 22.4 Å². The zero-order chi connectivity index (χ0) is 25.4. The summed E-state index contributed by atoms with van der Waals surface area (Å²) in [4.78, 5) is 24.8. The summed E-state index contributed by atoms with van der Waals surface area (Å²) in [6.07, 6.45) is -1.24. The maximum absolute atomic E-state index is 13.8. The monoisotopic (exact) mass is 482 g/mol. The number of rotatable bonds is 10. The van der Waals surface area contributed by atoms with Crippen molar-refractivity contribution in [2.75, 3.05) is 10.6 Å². The molecule has 0 bridgehead atoms. The molecular formula is C26H28F2N4O3. The van der Waals surface area contributed by atoms with Gasteiger partial charge in [-0.05, 0) is 60.4 Å². The van der Waals surface area contributed by atoms with Crippen LogP contribution in [0.3, 0.4) is 0 Å². The molecule has 3 aromatic carbocycles. The van der Waals surface area contributed by atoms with Crippen LogP contribution in [0.4, 0.5) is 20.2 Å². The van der Waals surface area contributed by atoms with E-state index in [4.69, 9.17) is 11.5 Å². The predicted molar refractivity (Wildman–Crippen MR) is 130 cm³/mol. The summed E-state index contributed by atoms with van der Waals surface area (Å²) in [7, 11) is 0. The van der Waals surface area contributed by atoms with Crippen molar-refractivity contribution in [1.82, 2.24) is 0 Å². The van der Waals surface area contributed by atoms with Crippen molar-refractivity contribution in [3.63, 3.8) is 0 Å². The van der Waals surface area contributed by atoms with Gasteiger partial charge >= 0.3 is 0 Å². The van der Waals surface area contributed by atoms with Crippen LogP contribution in [0.1, 0.15) is 17.5 Å². The van der Waals surface area contributed by atoms with Gasteiger partial charge in [0.05, 0.1) is 0 Å². The topological polar surface area (TPSA) is 130 Å². The third-order valence-electron chi connectivity index (χ3n) is 5.34. The molecule has 0 aromatic heterocycles. The fourth-order valence-electron chi connectivity index (χ4n) is 3.59. The van der Waals surface area contributed by atoms with Crippen molar-refractivity contribution in [1.29, 1.82) is 0 Å². The summed E-state index contributed by atoms with van der Waals surface area (Å²) < 4.78 is 27.1. The zero-order valence-corrected chi connectivity index (χ0v) is 19.0. The van der Waals surface area contributed by atoms with E-state index >= 15 is 0 Å². The third kappa shape index (κ3) is 7.96. The third-order valence-corrected chi connectivity index (χ3v) is 5.34. The van der Waals surface area contributed by atoms with Crippen LogP contribution in [0.5, 0.6) is 0 Å². The van der Waals surface area contributed by atoms with E-state index in [-0.39, 0.29) is 18.4 Å². The molecule has 0 heterocycles. The standard InChI is InChI=1S/C26H28F2N4O3/c27-18-9-10-22(28)17(12-18)13-19(29)14-24(33)31-20-7-4-8-21(15-20)32-26(35)25(34)23(30)11-16-5-2-1-3-6-16/h1-10,12,15,19,23,25,34H,11,13-14,29-30H2,(H,31,33)(H,32,35). The molecule has 0 spiro atoms. The van der Waals surface area contributed by atoms with Crippen LogP contribution in [-0.4, -0.2) is 35.1 Å². The molecule has 7 N–H and O–H groups in total. The van der Waals surface area contributed by atoms with Crippen LogP contribution >= 0.6 is 0 Å². The van der Waals surface area contributed by atoms with Gasteiger partial charge in [0.1, 0.15) is 17.7 Å². The second-order valence-corrected chi connectivity index (χ2v) is 8.32. The number of aliphatic hydroxyl groups excluding tert-OH is 1. The van der Waals surface area contributed by atoms with E-state index in [2.05, 4.69) is 10.6 Å². The average molecular weight is 483 g/mol. The van der Waals surface area contributed by atoms with Gasteiger partial charge in [-0.25, -0.2) is 8.78 Å². The van der Waals surface area contributed by atoms with Crippen LogP contribution in [0.2, 0.25) is 0 Å². The highest BCUT2D eigenvalue weighted by atomic mass is 19.1. The highest BCUT2D eigenvalue weighted by molar-refractivity contribution is 5.96. The molecular weight excluding hydrogens is 454 g/mol. The van der Waals surface area contributed by atoms with E-state index in [0.717, 1.165) is 23.8 Å². The van der Waals surface area contributed by atoms with Crippen molar-refractivity contribution in [3.8, 4) is 0 Å². The fraction of sp³-hybridized carbons (Fsp3) is 0.231. The number of nitrogens with two attached hydrogens (primary N) is 2. The van der Waals surface area contributed by atoms with Gasteiger partial charge in [0.25, 0.3) is 5.91 Å². The highest BCUT2D eigenvalue weighted by Gasteiger charge is 2.23. The predicted octanol–water partition coefficient (Wildman–Crippen LogP) is 2.73. The summed E-state index contributed by atoms with van der Waals surface area (Å²) in [6.45, 7) is 0. The molecule has 0 aliphatic carbocycles. The molecule has 7 nitrogen and oxygen atoms in total. The Morgan fingerprint density at radius 3 is 2.26 bits per heavy atom. The number of hydrogen-bond acceptors (Lipinski definition) is 5. The number of carbonyl (C=O) groups excluding carboxylic acids is 2. The lowest BCUT2D eigenvalue weighted by molar-refractivity contribution is -0.125. The smallest absolute Gasteiger partial charge is 0.254 e. The Morgan fingerprint density at radius 1 is 0.857 bits per heavy atom. The molecule has 35 heavy (non-hydrogen) atoms. The first-order valence-corrected chi connectivity index (χ1v) is 11.1. The number of halogens is 2. The molecule has 2 amide bonds. The number of nitrogens with one attached hydrogen (secondary N) is 2. The quantitative estimate of drug-likeness (QED) is 0.303. The van der Waals surface area contributed by atoms with Crippen molar-refractivity contribution >= 4 is 23.2 Å². The second kappa shape index (κ2) is 12.2. The van der Waals surface area contributed by atoms with E-state index in [1.54, 1.807) is 18.2 Å². The van der Waals surface area contributed by atoms with Crippen LogP contribution in [0, 0.1) is 11.6 Å². The molecule has 0 radical (unpaired) electrons. The minimum atomic E-state index is -1.44. The Labute approximate surface area is 202 Å². The van der Waals surface area contributed by atoms with Crippen LogP contribution in [0.25, 0.3) is 0 Å². The molecule has 3 aromatic rings. The number of carbonyl (C=O) groups is 2. The Hall–Kier alpha value is -3.66. The second-order valence-electron chi connectivity index (χ2n) is 8.32. The van der Waals surface area contributed by atoms with Gasteiger partial charge in [-0.2, -0.15) is 0 Å². The maximum Gasteiger partial charge on any atom is 0.254 e. The molecule has 9 heteroatoms. The zero-order valence-electron chi connectivity index (χ0n) is 19.0. The number of hydrogen-bond donors (Lipinski definition) is 5. The molecule has 0 saturated carbocycles. The minimum Gasteiger partial charge on any atom is -0.382 e. The Bertz CT molecular complexity index is 1160. The summed E-state index contributed by atoms with van der Waals surface area (Å²) in [5.41, 5.74) is 13.7. The molecule has 0 fully saturated rings. The van der Waals surface area contributed by atoms with Crippen molar-refractivity contribution in [2.24, 2.45) is 11.5 Å². The number of benzene rings is 3. The van der Waals surface area contributed by atoms with Crippen molar-refractivity contribution in [3.05, 3.63) is 95.6 Å². The van der Waals surface area contributed by atoms with Gasteiger partial charge in [0.2, 0.25) is 5.91 Å². The van der Waals surface area contributed by atoms with Crippen LogP contribution < -0.4 is 22.1 Å². The van der Waals surface area contributed by atoms with Gasteiger partial charge in [-0.3, -0.25) is 9.59 Å². The van der Waals surface area contributed by atoms with Gasteiger partial charge in [0.15, 0.2) is 0 Å². The average Bonchev–Trinajstić information content (AvgIpc) is 2.81. The molecule has 0 aliphatic heterocycles.